The fourth-order valence-electron chi connectivity index (χ4n) is 12.2. The van der Waals surface area contributed by atoms with Crippen molar-refractivity contribution in [2.24, 2.45) is 50.2 Å². The van der Waals surface area contributed by atoms with Crippen LogP contribution >= 0.6 is 0 Å². The zero-order chi connectivity index (χ0) is 30.5. The summed E-state index contributed by atoms with van der Waals surface area (Å²) in [7, 11) is 0. The second-order valence-electron chi connectivity index (χ2n) is 17.6. The Balaban J connectivity index is 1.36. The van der Waals surface area contributed by atoms with Crippen molar-refractivity contribution in [1.82, 2.24) is 4.90 Å². The first-order valence-electron chi connectivity index (χ1n) is 17.2. The number of piperidine rings is 1. The lowest BCUT2D eigenvalue weighted by Crippen LogP contribution is -2.67. The quantitative estimate of drug-likeness (QED) is 0.312. The minimum Gasteiger partial charge on any atom is -0.462 e. The van der Waals surface area contributed by atoms with Gasteiger partial charge in [-0.2, -0.15) is 0 Å². The minimum absolute atomic E-state index is 0.0237. The number of carbonyl (C=O) groups is 3. The summed E-state index contributed by atoms with van der Waals surface area (Å²) in [6.07, 6.45) is 14.6. The molecule has 5 heteroatoms. The lowest BCUT2D eigenvalue weighted by atomic mass is 9.33. The van der Waals surface area contributed by atoms with Crippen LogP contribution in [0.3, 0.4) is 0 Å². The van der Waals surface area contributed by atoms with Crippen LogP contribution in [0.25, 0.3) is 0 Å². The molecule has 6 rings (SSSR count). The molecule has 0 aromatic carbocycles. The Labute approximate surface area is 255 Å². The molecule has 5 aliphatic carbocycles. The Morgan fingerprint density at radius 3 is 2.19 bits per heavy atom. The summed E-state index contributed by atoms with van der Waals surface area (Å²) in [6, 6.07) is 0. The maximum atomic E-state index is 14.6. The van der Waals surface area contributed by atoms with E-state index < -0.39 is 0 Å². The molecule has 42 heavy (non-hydrogen) atoms. The van der Waals surface area contributed by atoms with Gasteiger partial charge in [0.25, 0.3) is 0 Å². The first-order chi connectivity index (χ1) is 19.5. The SMILES string of the molecule is CC(=O)O[C@@H]1CC[C@]2(C)[C@H](CC[C@]3(C)[C@@H]2C(=O)C=C2[C@@H]4C[C@](C)(C(=O)N5CCCCC5)CC[C@]4(C)CC[C@@]23C)C1(C)C. The van der Waals surface area contributed by atoms with E-state index in [1.165, 1.54) is 25.3 Å². The molecule has 5 nitrogen and oxygen atoms in total. The van der Waals surface area contributed by atoms with Crippen LogP contribution in [0.5, 0.6) is 0 Å². The molecule has 0 N–H and O–H groups in total. The Hall–Kier alpha value is -1.65. The topological polar surface area (TPSA) is 63.7 Å². The predicted octanol–water partition coefficient (Wildman–Crippen LogP) is 7.91. The number of hydrogen-bond donors (Lipinski definition) is 0. The molecule has 1 aliphatic heterocycles. The molecular weight excluding hydrogens is 522 g/mol. The Kier molecular flexibility index (Phi) is 7.00. The molecule has 234 valence electrons. The van der Waals surface area contributed by atoms with Crippen molar-refractivity contribution < 1.29 is 19.1 Å². The average Bonchev–Trinajstić information content (AvgIpc) is 2.92. The van der Waals surface area contributed by atoms with Gasteiger partial charge in [0.2, 0.25) is 5.91 Å². The van der Waals surface area contributed by atoms with Gasteiger partial charge in [-0.15, -0.1) is 0 Å². The number of amides is 1. The summed E-state index contributed by atoms with van der Waals surface area (Å²) in [5.74, 6) is 1.09. The van der Waals surface area contributed by atoms with Crippen LogP contribution in [0.15, 0.2) is 11.6 Å². The van der Waals surface area contributed by atoms with Gasteiger partial charge in [0.15, 0.2) is 5.78 Å². The number of nitrogens with zero attached hydrogens (tertiary/aromatic N) is 1. The molecule has 5 fully saturated rings. The van der Waals surface area contributed by atoms with Crippen molar-refractivity contribution >= 4 is 17.7 Å². The second-order valence-corrected chi connectivity index (χ2v) is 17.6. The van der Waals surface area contributed by atoms with E-state index >= 15 is 0 Å². The summed E-state index contributed by atoms with van der Waals surface area (Å²) in [5.41, 5.74) is 0.735. The summed E-state index contributed by atoms with van der Waals surface area (Å²) in [4.78, 5) is 42.8. The number of rotatable bonds is 2. The van der Waals surface area contributed by atoms with Crippen LogP contribution in [-0.2, 0) is 19.1 Å². The minimum atomic E-state index is -0.343. The smallest absolute Gasteiger partial charge is 0.302 e. The van der Waals surface area contributed by atoms with Gasteiger partial charge in [0, 0.05) is 36.8 Å². The highest BCUT2D eigenvalue weighted by molar-refractivity contribution is 5.95. The molecule has 1 amide bonds. The molecule has 0 aromatic rings. The van der Waals surface area contributed by atoms with E-state index in [9.17, 15) is 14.4 Å². The van der Waals surface area contributed by atoms with E-state index in [0.717, 1.165) is 77.3 Å². The van der Waals surface area contributed by atoms with Crippen molar-refractivity contribution in [2.75, 3.05) is 13.1 Å². The fourth-order valence-corrected chi connectivity index (χ4v) is 12.2. The third kappa shape index (κ3) is 4.09. The maximum absolute atomic E-state index is 14.6. The van der Waals surface area contributed by atoms with Crippen molar-refractivity contribution in [3.63, 3.8) is 0 Å². The number of ether oxygens (including phenoxy) is 1. The molecule has 0 aromatic heterocycles. The third-order valence-electron chi connectivity index (χ3n) is 15.0. The molecule has 9 atom stereocenters. The number of carbonyl (C=O) groups excluding carboxylic acids is 3. The highest BCUT2D eigenvalue weighted by atomic mass is 16.5. The van der Waals surface area contributed by atoms with Gasteiger partial charge in [-0.1, -0.05) is 54.0 Å². The van der Waals surface area contributed by atoms with Crippen molar-refractivity contribution in [3.8, 4) is 0 Å². The largest absolute Gasteiger partial charge is 0.462 e. The van der Waals surface area contributed by atoms with E-state index in [2.05, 4.69) is 59.4 Å². The van der Waals surface area contributed by atoms with Gasteiger partial charge in [-0.3, -0.25) is 14.4 Å². The average molecular weight is 580 g/mol. The lowest BCUT2D eigenvalue weighted by molar-refractivity contribution is -0.210. The molecule has 0 unspecified atom stereocenters. The molecule has 0 bridgehead atoms. The Morgan fingerprint density at radius 2 is 1.52 bits per heavy atom. The molecule has 1 saturated heterocycles. The van der Waals surface area contributed by atoms with E-state index in [0.29, 0.717) is 17.6 Å². The van der Waals surface area contributed by atoms with Crippen LogP contribution in [0.4, 0.5) is 0 Å². The fraction of sp³-hybridized carbons (Fsp3) is 0.865. The van der Waals surface area contributed by atoms with E-state index in [1.54, 1.807) is 0 Å². The summed E-state index contributed by atoms with van der Waals surface area (Å²) >= 11 is 0. The zero-order valence-corrected chi connectivity index (χ0v) is 27.9. The molecule has 6 aliphatic rings. The van der Waals surface area contributed by atoms with Crippen LogP contribution in [0.2, 0.25) is 0 Å². The number of esters is 1. The number of ketones is 1. The highest BCUT2D eigenvalue weighted by Crippen LogP contribution is 2.75. The van der Waals surface area contributed by atoms with Crippen LogP contribution < -0.4 is 0 Å². The van der Waals surface area contributed by atoms with Gasteiger partial charge in [0.1, 0.15) is 6.10 Å². The van der Waals surface area contributed by atoms with Gasteiger partial charge < -0.3 is 9.64 Å². The van der Waals surface area contributed by atoms with Crippen LogP contribution in [-0.4, -0.2) is 41.8 Å². The number of likely N-dealkylation sites (tertiary alicyclic amines) is 1. The molecule has 4 saturated carbocycles. The number of fused-ring (bicyclic) bond motifs is 7. The van der Waals surface area contributed by atoms with Crippen molar-refractivity contribution in [3.05, 3.63) is 11.6 Å². The summed E-state index contributed by atoms with van der Waals surface area (Å²) in [6.45, 7) is 19.9. The number of hydrogen-bond acceptors (Lipinski definition) is 4. The monoisotopic (exact) mass is 579 g/mol. The van der Waals surface area contributed by atoms with E-state index in [4.69, 9.17) is 4.74 Å². The van der Waals surface area contributed by atoms with Gasteiger partial charge in [-0.25, -0.2) is 0 Å². The Morgan fingerprint density at radius 1 is 0.857 bits per heavy atom. The molecule has 1 heterocycles. The first kappa shape index (κ1) is 30.4. The maximum Gasteiger partial charge on any atom is 0.302 e. The Bertz CT molecular complexity index is 1200. The first-order valence-corrected chi connectivity index (χ1v) is 17.2. The molecular formula is C37H57NO4. The van der Waals surface area contributed by atoms with Crippen molar-refractivity contribution in [1.29, 1.82) is 0 Å². The van der Waals surface area contributed by atoms with Gasteiger partial charge >= 0.3 is 5.97 Å². The van der Waals surface area contributed by atoms with E-state index in [1.807, 2.05) is 0 Å². The second kappa shape index (κ2) is 9.67. The molecule has 0 radical (unpaired) electrons. The highest BCUT2D eigenvalue weighted by Gasteiger charge is 2.70. The zero-order valence-electron chi connectivity index (χ0n) is 27.9. The standard InChI is InChI=1S/C37H57NO4/c1-24(39)42-29-13-14-35(6)28(32(29,2)3)12-15-37(8)30(35)27(40)22-25-26-23-34(5,31(41)38-20-10-9-11-21-38)17-16-33(26,4)18-19-36(25,37)7/h22,26,28-30H,9-21,23H2,1-8H3/t26-,28+,29+,30+,33+,34+,35+,36-,37+/m0/s1. The lowest BCUT2D eigenvalue weighted by Gasteiger charge is -2.70. The van der Waals surface area contributed by atoms with Crippen LogP contribution in [0.1, 0.15) is 132 Å². The summed E-state index contributed by atoms with van der Waals surface area (Å²) in [5, 5.41) is 0. The normalized spacial score (nSPS) is 48.1. The summed E-state index contributed by atoms with van der Waals surface area (Å²) < 4.78 is 5.88. The van der Waals surface area contributed by atoms with Gasteiger partial charge in [-0.05, 0) is 117 Å². The van der Waals surface area contributed by atoms with Gasteiger partial charge in [0.05, 0.1) is 0 Å². The third-order valence-corrected chi connectivity index (χ3v) is 15.0. The predicted molar refractivity (Wildman–Crippen MR) is 165 cm³/mol. The number of allylic oxidation sites excluding steroid dienone is 2. The van der Waals surface area contributed by atoms with E-state index in [-0.39, 0.29) is 56.4 Å². The van der Waals surface area contributed by atoms with Crippen molar-refractivity contribution in [2.45, 2.75) is 139 Å². The van der Waals surface area contributed by atoms with Crippen LogP contribution in [0, 0.1) is 50.2 Å². The molecule has 0 spiro atoms.